The van der Waals surface area contributed by atoms with Gasteiger partial charge < -0.3 is 4.79 Å². The molecule has 0 rings (SSSR count). The first-order chi connectivity index (χ1) is 11.1. The molecule has 0 aliphatic heterocycles. The third-order valence-electron chi connectivity index (χ3n) is 4.57. The van der Waals surface area contributed by atoms with Crippen molar-refractivity contribution >= 4 is 6.29 Å². The van der Waals surface area contributed by atoms with Crippen LogP contribution in [0.5, 0.6) is 0 Å². The fraction of sp³-hybridized carbons (Fsp3) is 0.773. The van der Waals surface area contributed by atoms with E-state index in [2.05, 4.69) is 39.8 Å². The van der Waals surface area contributed by atoms with Crippen molar-refractivity contribution in [1.29, 1.82) is 0 Å². The van der Waals surface area contributed by atoms with Crippen LogP contribution in [0, 0.1) is 5.92 Å². The molecule has 0 aromatic heterocycles. The quantitative estimate of drug-likeness (QED) is 0.174. The molecule has 0 saturated heterocycles. The van der Waals surface area contributed by atoms with Crippen LogP contribution in [0.4, 0.5) is 0 Å². The van der Waals surface area contributed by atoms with Gasteiger partial charge in [-0.2, -0.15) is 0 Å². The summed E-state index contributed by atoms with van der Waals surface area (Å²) in [6, 6.07) is 0. The Morgan fingerprint density at radius 2 is 1.52 bits per heavy atom. The minimum atomic E-state index is 0.739. The normalized spacial score (nSPS) is 13.0. The molecule has 0 amide bonds. The zero-order chi connectivity index (χ0) is 17.3. The monoisotopic (exact) mass is 320 g/mol. The Balaban J connectivity index is 4.01. The van der Waals surface area contributed by atoms with E-state index in [1.165, 1.54) is 68.9 Å². The number of unbranched alkanes of at least 4 members (excludes halogenated alkanes) is 4. The lowest BCUT2D eigenvalue weighted by atomic mass is 9.91. The number of aldehydes is 1. The lowest BCUT2D eigenvalue weighted by Gasteiger charge is -2.15. The van der Waals surface area contributed by atoms with E-state index in [9.17, 15) is 4.79 Å². The Labute approximate surface area is 145 Å². The van der Waals surface area contributed by atoms with Gasteiger partial charge in [-0.25, -0.2) is 0 Å². The minimum absolute atomic E-state index is 0.739. The highest BCUT2D eigenvalue weighted by molar-refractivity contribution is 5.49. The van der Waals surface area contributed by atoms with Gasteiger partial charge in [0, 0.05) is 6.42 Å². The highest BCUT2D eigenvalue weighted by atomic mass is 16.1. The lowest BCUT2D eigenvalue weighted by Crippen LogP contribution is -2.01. The summed E-state index contributed by atoms with van der Waals surface area (Å²) in [5, 5.41) is 0. The van der Waals surface area contributed by atoms with Gasteiger partial charge in [-0.05, 0) is 58.8 Å². The highest BCUT2D eigenvalue weighted by Gasteiger charge is 2.07. The van der Waals surface area contributed by atoms with Crippen LogP contribution in [-0.4, -0.2) is 6.29 Å². The molecule has 0 aromatic carbocycles. The molecule has 0 aliphatic carbocycles. The summed E-state index contributed by atoms with van der Waals surface area (Å²) in [5.74, 6) is 0.739. The molecule has 0 bridgehead atoms. The van der Waals surface area contributed by atoms with Gasteiger partial charge in [-0.3, -0.25) is 0 Å². The molecular weight excluding hydrogens is 280 g/mol. The van der Waals surface area contributed by atoms with Crippen LogP contribution in [0.1, 0.15) is 105 Å². The first-order valence-electron chi connectivity index (χ1n) is 9.82. The molecule has 1 unspecified atom stereocenters. The molecular formula is C22H40O. The summed E-state index contributed by atoms with van der Waals surface area (Å²) < 4.78 is 0. The van der Waals surface area contributed by atoms with Crippen molar-refractivity contribution in [1.82, 2.24) is 0 Å². The largest absolute Gasteiger partial charge is 0.303 e. The zero-order valence-electron chi connectivity index (χ0n) is 16.2. The van der Waals surface area contributed by atoms with Gasteiger partial charge in [0.2, 0.25) is 0 Å². The maximum absolute atomic E-state index is 10.7. The van der Waals surface area contributed by atoms with Crippen LogP contribution in [0.3, 0.4) is 0 Å². The summed E-state index contributed by atoms with van der Waals surface area (Å²) in [7, 11) is 0. The number of rotatable bonds is 15. The fourth-order valence-corrected chi connectivity index (χ4v) is 3.03. The molecule has 1 nitrogen and oxygen atoms in total. The molecule has 134 valence electrons. The smallest absolute Gasteiger partial charge is 0.120 e. The van der Waals surface area contributed by atoms with E-state index in [0.29, 0.717) is 0 Å². The maximum Gasteiger partial charge on any atom is 0.120 e. The highest BCUT2D eigenvalue weighted by Crippen LogP contribution is 2.22. The van der Waals surface area contributed by atoms with Crippen LogP contribution in [0.25, 0.3) is 0 Å². The van der Waals surface area contributed by atoms with E-state index in [4.69, 9.17) is 0 Å². The van der Waals surface area contributed by atoms with E-state index in [0.717, 1.165) is 31.5 Å². The number of carbonyl (C=O) groups excluding carboxylic acids is 1. The Hall–Kier alpha value is -0.850. The van der Waals surface area contributed by atoms with Gasteiger partial charge >= 0.3 is 0 Å². The number of allylic oxidation sites excluding steroid dienone is 4. The standard InChI is InChI=1S/C22H40O/c1-5-6-7-8-9-16-22(18-12-19-23)17-11-15-21(4)14-10-13-20(2)3/h13,15,19,22H,5-12,14,16-18H2,1-4H3/b21-15+. The summed E-state index contributed by atoms with van der Waals surface area (Å²) in [6.45, 7) is 8.84. The zero-order valence-corrected chi connectivity index (χ0v) is 16.2. The average molecular weight is 321 g/mol. The third-order valence-corrected chi connectivity index (χ3v) is 4.57. The second-order valence-electron chi connectivity index (χ2n) is 7.26. The van der Waals surface area contributed by atoms with Gasteiger partial charge in [0.25, 0.3) is 0 Å². The first-order valence-corrected chi connectivity index (χ1v) is 9.82. The van der Waals surface area contributed by atoms with E-state index in [1.807, 2.05) is 0 Å². The summed E-state index contributed by atoms with van der Waals surface area (Å²) in [4.78, 5) is 10.7. The molecule has 0 aliphatic rings. The van der Waals surface area contributed by atoms with E-state index < -0.39 is 0 Å². The average Bonchev–Trinajstić information content (AvgIpc) is 2.51. The molecule has 0 spiro atoms. The molecule has 0 N–H and O–H groups in total. The molecule has 0 heterocycles. The molecule has 0 saturated carbocycles. The van der Waals surface area contributed by atoms with Crippen LogP contribution in [-0.2, 0) is 4.79 Å². The van der Waals surface area contributed by atoms with E-state index in [1.54, 1.807) is 0 Å². The maximum atomic E-state index is 10.7. The van der Waals surface area contributed by atoms with Gasteiger partial charge in [0.05, 0.1) is 0 Å². The Bertz CT molecular complexity index is 334. The first kappa shape index (κ1) is 22.1. The van der Waals surface area contributed by atoms with Gasteiger partial charge in [-0.15, -0.1) is 0 Å². The molecule has 1 heteroatoms. The fourth-order valence-electron chi connectivity index (χ4n) is 3.03. The number of carbonyl (C=O) groups is 1. The van der Waals surface area contributed by atoms with Gasteiger partial charge in [-0.1, -0.05) is 68.7 Å². The van der Waals surface area contributed by atoms with Crippen molar-refractivity contribution in [3.63, 3.8) is 0 Å². The molecule has 1 atom stereocenters. The van der Waals surface area contributed by atoms with E-state index >= 15 is 0 Å². The summed E-state index contributed by atoms with van der Waals surface area (Å²) >= 11 is 0. The van der Waals surface area contributed by atoms with Crippen molar-refractivity contribution in [2.24, 2.45) is 5.92 Å². The summed E-state index contributed by atoms with van der Waals surface area (Å²) in [6.07, 6.45) is 20.5. The number of hydrogen-bond donors (Lipinski definition) is 0. The van der Waals surface area contributed by atoms with Crippen molar-refractivity contribution < 1.29 is 4.79 Å². The third kappa shape index (κ3) is 15.8. The predicted octanol–water partition coefficient (Wildman–Crippen LogP) is 7.42. The van der Waals surface area contributed by atoms with Crippen LogP contribution in [0.15, 0.2) is 23.3 Å². The SMILES string of the molecule is CCCCCCCC(CCC=O)CC/C=C(\C)CCC=C(C)C. The minimum Gasteiger partial charge on any atom is -0.303 e. The van der Waals surface area contributed by atoms with Crippen molar-refractivity contribution in [2.75, 3.05) is 0 Å². The van der Waals surface area contributed by atoms with Crippen molar-refractivity contribution in [2.45, 2.75) is 105 Å². The van der Waals surface area contributed by atoms with Crippen LogP contribution in [0.2, 0.25) is 0 Å². The van der Waals surface area contributed by atoms with Crippen molar-refractivity contribution in [3.8, 4) is 0 Å². The van der Waals surface area contributed by atoms with E-state index in [-0.39, 0.29) is 0 Å². The Morgan fingerprint density at radius 1 is 0.826 bits per heavy atom. The second-order valence-corrected chi connectivity index (χ2v) is 7.26. The van der Waals surface area contributed by atoms with Gasteiger partial charge in [0.15, 0.2) is 0 Å². The molecule has 23 heavy (non-hydrogen) atoms. The predicted molar refractivity (Wildman–Crippen MR) is 104 cm³/mol. The summed E-state index contributed by atoms with van der Waals surface area (Å²) in [5.41, 5.74) is 2.93. The second kappa shape index (κ2) is 16.0. The van der Waals surface area contributed by atoms with Crippen LogP contribution >= 0.6 is 0 Å². The Kier molecular flexibility index (Phi) is 15.4. The van der Waals surface area contributed by atoms with Crippen molar-refractivity contribution in [3.05, 3.63) is 23.3 Å². The Morgan fingerprint density at radius 3 is 2.17 bits per heavy atom. The molecule has 0 fully saturated rings. The lowest BCUT2D eigenvalue weighted by molar-refractivity contribution is -0.108. The van der Waals surface area contributed by atoms with Crippen LogP contribution < -0.4 is 0 Å². The molecule has 0 radical (unpaired) electrons. The van der Waals surface area contributed by atoms with Gasteiger partial charge in [0.1, 0.15) is 6.29 Å². The number of hydrogen-bond acceptors (Lipinski definition) is 1. The molecule has 0 aromatic rings. The topological polar surface area (TPSA) is 17.1 Å².